The molecule has 41 heavy (non-hydrogen) atoms. The van der Waals surface area contributed by atoms with Gasteiger partial charge in [-0.3, -0.25) is 9.28 Å². The van der Waals surface area contributed by atoms with Gasteiger partial charge in [0.15, 0.2) is 23.1 Å². The van der Waals surface area contributed by atoms with E-state index in [1.54, 1.807) is 0 Å². The van der Waals surface area contributed by atoms with Gasteiger partial charge in [0.2, 0.25) is 0 Å². The van der Waals surface area contributed by atoms with E-state index in [-0.39, 0.29) is 36.6 Å². The quantitative estimate of drug-likeness (QED) is 0.301. The minimum Gasteiger partial charge on any atom is -1.00 e. The van der Waals surface area contributed by atoms with Crippen molar-refractivity contribution in [2.75, 3.05) is 14.1 Å². The molecule has 0 spiro atoms. The molecule has 218 valence electrons. The molecule has 1 aliphatic carbocycles. The maximum absolute atomic E-state index is 16.0. The molecule has 0 bridgehead atoms. The van der Waals surface area contributed by atoms with Gasteiger partial charge in [0.05, 0.1) is 31.2 Å². The van der Waals surface area contributed by atoms with Crippen LogP contribution in [0, 0.1) is 17.5 Å². The van der Waals surface area contributed by atoms with Crippen LogP contribution in [-0.4, -0.2) is 30.6 Å². The molecule has 8 heteroatoms. The Hall–Kier alpha value is -3.29. The van der Waals surface area contributed by atoms with Crippen molar-refractivity contribution >= 4 is 22.5 Å². The number of hydrogen-bond donors (Lipinski definition) is 1. The highest BCUT2D eigenvalue weighted by Crippen LogP contribution is 2.39. The fourth-order valence-corrected chi connectivity index (χ4v) is 6.26. The summed E-state index contributed by atoms with van der Waals surface area (Å²) in [4.78, 5) is 13.8. The molecular formula is C33H37ClF3N3O. The van der Waals surface area contributed by atoms with Crippen molar-refractivity contribution in [2.45, 2.75) is 64.6 Å². The average molecular weight is 584 g/mol. The molecule has 1 aliphatic rings. The van der Waals surface area contributed by atoms with E-state index in [2.05, 4.69) is 24.0 Å². The lowest BCUT2D eigenvalue weighted by molar-refractivity contribution is -0.0000182. The number of amides is 1. The first-order chi connectivity index (χ1) is 19.1. The molecule has 1 amide bonds. The number of carbonyl (C=O) groups excluding carboxylic acids is 1. The van der Waals surface area contributed by atoms with Crippen LogP contribution in [0.2, 0.25) is 0 Å². The van der Waals surface area contributed by atoms with Crippen molar-refractivity contribution in [1.82, 2.24) is 14.4 Å². The zero-order valence-corrected chi connectivity index (χ0v) is 24.7. The minimum absolute atomic E-state index is 0. The van der Waals surface area contributed by atoms with Gasteiger partial charge in [0.25, 0.3) is 5.91 Å². The van der Waals surface area contributed by atoms with E-state index in [1.807, 2.05) is 50.2 Å². The van der Waals surface area contributed by atoms with Crippen LogP contribution in [0.5, 0.6) is 0 Å². The van der Waals surface area contributed by atoms with Crippen LogP contribution >= 0.6 is 0 Å². The number of benzene rings is 3. The second-order valence-corrected chi connectivity index (χ2v) is 11.7. The SMILES string of the molecule is CC(C)c1c(C(=O)NCc2ccc(F)c(F)c2)c2cc(F)c([N+](C)(C)C3CCCC3)cc2n1Cc1ccccc1.[Cl-]. The van der Waals surface area contributed by atoms with Gasteiger partial charge in [-0.1, -0.05) is 50.2 Å². The maximum Gasteiger partial charge on any atom is 0.254 e. The maximum atomic E-state index is 16.0. The van der Waals surface area contributed by atoms with E-state index >= 15 is 4.39 Å². The molecule has 0 aliphatic heterocycles. The predicted octanol–water partition coefficient (Wildman–Crippen LogP) is 4.67. The van der Waals surface area contributed by atoms with Gasteiger partial charge >= 0.3 is 0 Å². The van der Waals surface area contributed by atoms with Gasteiger partial charge in [-0.25, -0.2) is 13.2 Å². The summed E-state index contributed by atoms with van der Waals surface area (Å²) in [5, 5.41) is 3.42. The third-order valence-electron chi connectivity index (χ3n) is 8.43. The highest BCUT2D eigenvalue weighted by atomic mass is 35.5. The monoisotopic (exact) mass is 583 g/mol. The topological polar surface area (TPSA) is 34.0 Å². The predicted molar refractivity (Wildman–Crippen MR) is 155 cm³/mol. The first-order valence-corrected chi connectivity index (χ1v) is 14.0. The molecule has 1 N–H and O–H groups in total. The Labute approximate surface area is 246 Å². The van der Waals surface area contributed by atoms with Gasteiger partial charge < -0.3 is 22.3 Å². The van der Waals surface area contributed by atoms with Crippen molar-refractivity contribution < 1.29 is 30.4 Å². The standard InChI is InChI=1S/C33H36F3N3O.ClH/c1-21(2)32-31(33(40)37-19-23-14-15-26(34)27(35)16-23)25-17-28(36)30(39(3,4)24-12-8-9-13-24)18-29(25)38(32)20-22-10-6-5-7-11-22;/h5-7,10-11,14-18,21,24H,8-9,12-13,19-20H2,1-4H3;1H. The summed E-state index contributed by atoms with van der Waals surface area (Å²) >= 11 is 0. The van der Waals surface area contributed by atoms with Crippen molar-refractivity contribution in [3.05, 3.63) is 100 Å². The molecule has 1 heterocycles. The Morgan fingerprint density at radius 3 is 2.24 bits per heavy atom. The van der Waals surface area contributed by atoms with Gasteiger partial charge in [0, 0.05) is 30.2 Å². The first-order valence-electron chi connectivity index (χ1n) is 14.0. The molecule has 3 aromatic carbocycles. The Morgan fingerprint density at radius 1 is 0.927 bits per heavy atom. The summed E-state index contributed by atoms with van der Waals surface area (Å²) in [5.41, 5.74) is 4.17. The number of rotatable bonds is 8. The lowest BCUT2D eigenvalue weighted by Gasteiger charge is -2.36. The third-order valence-corrected chi connectivity index (χ3v) is 8.43. The summed E-state index contributed by atoms with van der Waals surface area (Å²) in [6.45, 7) is 4.60. The van der Waals surface area contributed by atoms with Crippen molar-refractivity contribution in [3.8, 4) is 0 Å². The number of nitrogens with zero attached hydrogens (tertiary/aromatic N) is 2. The van der Waals surface area contributed by atoms with Gasteiger partial charge in [-0.15, -0.1) is 0 Å². The second-order valence-electron chi connectivity index (χ2n) is 11.7. The first kappa shape index (κ1) is 30.7. The number of halogens is 4. The molecule has 0 radical (unpaired) electrons. The highest BCUT2D eigenvalue weighted by Gasteiger charge is 2.37. The summed E-state index contributed by atoms with van der Waals surface area (Å²) in [5.74, 6) is -2.64. The second kappa shape index (κ2) is 12.3. The fourth-order valence-electron chi connectivity index (χ4n) is 6.26. The number of fused-ring (bicyclic) bond motifs is 1. The lowest BCUT2D eigenvalue weighted by atomic mass is 10.0. The molecule has 1 fully saturated rings. The van der Waals surface area contributed by atoms with Crippen LogP contribution in [0.3, 0.4) is 0 Å². The molecule has 5 rings (SSSR count). The molecule has 1 aromatic heterocycles. The molecule has 1 saturated carbocycles. The van der Waals surface area contributed by atoms with Gasteiger partial charge in [-0.05, 0) is 60.9 Å². The van der Waals surface area contributed by atoms with E-state index in [0.717, 1.165) is 54.6 Å². The van der Waals surface area contributed by atoms with Gasteiger partial charge in [-0.2, -0.15) is 0 Å². The van der Waals surface area contributed by atoms with Crippen LogP contribution in [0.4, 0.5) is 18.9 Å². The number of carbonyl (C=O) groups is 1. The van der Waals surface area contributed by atoms with Crippen LogP contribution in [-0.2, 0) is 13.1 Å². The highest BCUT2D eigenvalue weighted by molar-refractivity contribution is 6.09. The lowest BCUT2D eigenvalue weighted by Crippen LogP contribution is -3.00. The number of quaternary nitrogens is 1. The number of nitrogens with one attached hydrogen (secondary N) is 1. The van der Waals surface area contributed by atoms with Gasteiger partial charge in [0.1, 0.15) is 0 Å². The smallest absolute Gasteiger partial charge is 0.254 e. The summed E-state index contributed by atoms with van der Waals surface area (Å²) in [6.07, 6.45) is 4.43. The normalized spacial score (nSPS) is 14.0. The Morgan fingerprint density at radius 2 is 1.61 bits per heavy atom. The molecular weight excluding hydrogens is 547 g/mol. The molecule has 0 atom stereocenters. The number of aromatic nitrogens is 1. The zero-order chi connectivity index (χ0) is 28.6. The van der Waals surface area contributed by atoms with Crippen LogP contribution in [0.1, 0.15) is 72.6 Å². The largest absolute Gasteiger partial charge is 1.00 e. The van der Waals surface area contributed by atoms with Crippen molar-refractivity contribution in [1.29, 1.82) is 0 Å². The molecule has 0 unspecified atom stereocenters. The minimum atomic E-state index is -0.966. The van der Waals surface area contributed by atoms with E-state index < -0.39 is 11.6 Å². The molecule has 4 aromatic rings. The van der Waals surface area contributed by atoms with E-state index in [1.165, 1.54) is 12.1 Å². The Bertz CT molecular complexity index is 1540. The molecule has 4 nitrogen and oxygen atoms in total. The van der Waals surface area contributed by atoms with Crippen molar-refractivity contribution in [3.63, 3.8) is 0 Å². The zero-order valence-electron chi connectivity index (χ0n) is 24.0. The van der Waals surface area contributed by atoms with E-state index in [9.17, 15) is 13.6 Å². The summed E-state index contributed by atoms with van der Waals surface area (Å²) in [6, 6.07) is 17.4. The summed E-state index contributed by atoms with van der Waals surface area (Å²) in [7, 11) is 4.15. The van der Waals surface area contributed by atoms with E-state index in [4.69, 9.17) is 0 Å². The molecule has 0 saturated heterocycles. The van der Waals surface area contributed by atoms with Crippen molar-refractivity contribution in [2.24, 2.45) is 0 Å². The van der Waals surface area contributed by atoms with E-state index in [0.29, 0.717) is 39.3 Å². The Balaban J connectivity index is 0.00000387. The third kappa shape index (κ3) is 6.02. The number of hydrogen-bond acceptors (Lipinski definition) is 1. The van der Waals surface area contributed by atoms with Crippen LogP contribution < -0.4 is 22.2 Å². The average Bonchev–Trinajstić information content (AvgIpc) is 3.57. The van der Waals surface area contributed by atoms with Crippen LogP contribution in [0.25, 0.3) is 10.9 Å². The summed E-state index contributed by atoms with van der Waals surface area (Å²) < 4.78 is 45.8. The van der Waals surface area contributed by atoms with Crippen LogP contribution in [0.15, 0.2) is 60.7 Å². The fraction of sp³-hybridized carbons (Fsp3) is 0.364. The Kier molecular flexibility index (Phi) is 9.19.